The van der Waals surface area contributed by atoms with Crippen molar-refractivity contribution < 1.29 is 28.6 Å². The summed E-state index contributed by atoms with van der Waals surface area (Å²) in [5, 5.41) is 0. The maximum Gasteiger partial charge on any atom is 0.311 e. The summed E-state index contributed by atoms with van der Waals surface area (Å²) >= 11 is 0. The number of carbonyl (C=O) groups is 3. The van der Waals surface area contributed by atoms with Crippen molar-refractivity contribution in [2.75, 3.05) is 0 Å². The molecule has 2 aliphatic carbocycles. The van der Waals surface area contributed by atoms with Crippen LogP contribution in [0.2, 0.25) is 0 Å². The van der Waals surface area contributed by atoms with Gasteiger partial charge in [0.25, 0.3) is 0 Å². The summed E-state index contributed by atoms with van der Waals surface area (Å²) in [6, 6.07) is 0. The quantitative estimate of drug-likeness (QED) is 0.266. The molecule has 0 heterocycles. The van der Waals surface area contributed by atoms with Gasteiger partial charge in [-0.25, -0.2) is 0 Å². The van der Waals surface area contributed by atoms with Crippen molar-refractivity contribution in [1.29, 1.82) is 0 Å². The van der Waals surface area contributed by atoms with E-state index in [0.29, 0.717) is 0 Å². The number of hydrogen-bond acceptors (Lipinski definition) is 6. The Bertz CT molecular complexity index is 643. The fourth-order valence-corrected chi connectivity index (χ4v) is 3.45. The van der Waals surface area contributed by atoms with Crippen LogP contribution >= 0.6 is 0 Å². The van der Waals surface area contributed by atoms with Crippen LogP contribution in [0, 0.1) is 16.2 Å². The molecule has 2 saturated carbocycles. The van der Waals surface area contributed by atoms with E-state index < -0.39 is 5.41 Å². The SMILES string of the molecule is CC(C)(C)C(=O)OC1CCCCC1.CC(C)(C)C(=O)OC1CCCCC1.CC(C)(C)OC(=O)C(C)(C)C. The van der Waals surface area contributed by atoms with Crippen molar-refractivity contribution in [3.8, 4) is 0 Å². The van der Waals surface area contributed by atoms with Gasteiger partial charge in [-0.15, -0.1) is 0 Å². The minimum absolute atomic E-state index is 0.0561. The molecule has 0 unspecified atom stereocenters. The first-order valence-electron chi connectivity index (χ1n) is 14.3. The van der Waals surface area contributed by atoms with E-state index in [4.69, 9.17) is 14.2 Å². The number of ether oxygens (including phenoxy) is 3. The fraction of sp³-hybridized carbons (Fsp3) is 0.903. The van der Waals surface area contributed by atoms with Gasteiger partial charge in [-0.05, 0) is 134 Å². The highest BCUT2D eigenvalue weighted by Gasteiger charge is 2.29. The second-order valence-electron chi connectivity index (χ2n) is 14.6. The zero-order valence-corrected chi connectivity index (χ0v) is 26.2. The number of esters is 3. The second-order valence-corrected chi connectivity index (χ2v) is 14.6. The van der Waals surface area contributed by atoms with Gasteiger partial charge in [0, 0.05) is 0 Å². The molecule has 0 aromatic heterocycles. The van der Waals surface area contributed by atoms with Gasteiger partial charge in [-0.1, -0.05) is 12.8 Å². The third-order valence-electron chi connectivity index (χ3n) is 5.89. The molecule has 0 radical (unpaired) electrons. The van der Waals surface area contributed by atoms with Crippen LogP contribution in [0.15, 0.2) is 0 Å². The molecule has 2 fully saturated rings. The Morgan fingerprint density at radius 2 is 0.730 bits per heavy atom. The summed E-state index contributed by atoms with van der Waals surface area (Å²) in [6.45, 7) is 22.6. The summed E-state index contributed by atoms with van der Waals surface area (Å²) in [5.74, 6) is -0.260. The minimum atomic E-state index is -0.396. The zero-order chi connectivity index (χ0) is 29.1. The van der Waals surface area contributed by atoms with E-state index in [2.05, 4.69) is 0 Å². The normalized spacial score (nSPS) is 17.8. The summed E-state index contributed by atoms with van der Waals surface area (Å²) in [6.07, 6.45) is 12.1. The molecule has 0 aliphatic heterocycles. The lowest BCUT2D eigenvalue weighted by atomic mass is 9.95. The number of rotatable bonds is 2. The molecule has 218 valence electrons. The molecule has 0 aromatic rings. The number of carbonyl (C=O) groups excluding carboxylic acids is 3. The van der Waals surface area contributed by atoms with E-state index in [1.165, 1.54) is 38.5 Å². The zero-order valence-electron chi connectivity index (χ0n) is 26.2. The van der Waals surface area contributed by atoms with Gasteiger partial charge >= 0.3 is 17.9 Å². The van der Waals surface area contributed by atoms with Gasteiger partial charge in [0.1, 0.15) is 17.8 Å². The Morgan fingerprint density at radius 1 is 0.459 bits per heavy atom. The van der Waals surface area contributed by atoms with Gasteiger partial charge in [0.2, 0.25) is 0 Å². The van der Waals surface area contributed by atoms with Gasteiger partial charge < -0.3 is 14.2 Å². The average Bonchev–Trinajstić information content (AvgIpc) is 2.73. The monoisotopic (exact) mass is 526 g/mol. The van der Waals surface area contributed by atoms with Gasteiger partial charge in [-0.2, -0.15) is 0 Å². The molecule has 0 spiro atoms. The van der Waals surface area contributed by atoms with Crippen LogP contribution in [-0.2, 0) is 28.6 Å². The number of hydrogen-bond donors (Lipinski definition) is 0. The minimum Gasteiger partial charge on any atom is -0.462 e. The molecule has 0 N–H and O–H groups in total. The Hall–Kier alpha value is -1.59. The van der Waals surface area contributed by atoms with Crippen molar-refractivity contribution in [2.45, 2.75) is 165 Å². The molecule has 37 heavy (non-hydrogen) atoms. The molecular formula is C31H58O6. The highest BCUT2D eigenvalue weighted by Crippen LogP contribution is 2.25. The van der Waals surface area contributed by atoms with Crippen molar-refractivity contribution in [2.24, 2.45) is 16.2 Å². The lowest BCUT2D eigenvalue weighted by Crippen LogP contribution is -2.31. The Morgan fingerprint density at radius 3 is 0.919 bits per heavy atom. The first-order valence-corrected chi connectivity index (χ1v) is 14.3. The largest absolute Gasteiger partial charge is 0.462 e. The smallest absolute Gasteiger partial charge is 0.311 e. The van der Waals surface area contributed by atoms with E-state index >= 15 is 0 Å². The molecule has 0 amide bonds. The second kappa shape index (κ2) is 15.1. The molecule has 0 atom stereocenters. The maximum atomic E-state index is 11.5. The molecule has 6 heteroatoms. The van der Waals surface area contributed by atoms with Crippen LogP contribution in [0.3, 0.4) is 0 Å². The van der Waals surface area contributed by atoms with Crippen LogP contribution in [0.1, 0.15) is 147 Å². The third kappa shape index (κ3) is 17.5. The standard InChI is InChI=1S/2C11H20O2.C9H18O2/c2*1-11(2,3)10(12)13-9-7-5-4-6-8-9;1-8(2,3)7(10)11-9(4,5)6/h2*9H,4-8H2,1-3H3;1-6H3. The molecule has 6 nitrogen and oxygen atoms in total. The van der Waals surface area contributed by atoms with Gasteiger partial charge in [-0.3, -0.25) is 14.4 Å². The first kappa shape index (κ1) is 35.4. The van der Waals surface area contributed by atoms with Crippen molar-refractivity contribution in [3.63, 3.8) is 0 Å². The van der Waals surface area contributed by atoms with Crippen molar-refractivity contribution >= 4 is 17.9 Å². The van der Waals surface area contributed by atoms with Crippen LogP contribution in [0.4, 0.5) is 0 Å². The molecule has 0 saturated heterocycles. The van der Waals surface area contributed by atoms with Crippen LogP contribution in [0.25, 0.3) is 0 Å². The lowest BCUT2D eigenvalue weighted by Gasteiger charge is -2.25. The van der Waals surface area contributed by atoms with E-state index in [0.717, 1.165) is 25.7 Å². The van der Waals surface area contributed by atoms with E-state index in [-0.39, 0.29) is 46.5 Å². The summed E-state index contributed by atoms with van der Waals surface area (Å²) in [5.41, 5.74) is -1.47. The predicted octanol–water partition coefficient (Wildman–Crippen LogP) is 8.19. The molecule has 0 bridgehead atoms. The lowest BCUT2D eigenvalue weighted by molar-refractivity contribution is -0.164. The molecule has 2 rings (SSSR count). The van der Waals surface area contributed by atoms with Gasteiger partial charge in [0.15, 0.2) is 0 Å². The average molecular weight is 527 g/mol. The summed E-state index contributed by atoms with van der Waals surface area (Å²) in [4.78, 5) is 34.3. The summed E-state index contributed by atoms with van der Waals surface area (Å²) in [7, 11) is 0. The molecule has 0 aromatic carbocycles. The third-order valence-corrected chi connectivity index (χ3v) is 5.89. The Kier molecular flexibility index (Phi) is 14.5. The highest BCUT2D eigenvalue weighted by molar-refractivity contribution is 5.76. The molecular weight excluding hydrogens is 468 g/mol. The maximum absolute atomic E-state index is 11.5. The first-order chi connectivity index (χ1) is 16.6. The molecule has 2 aliphatic rings. The van der Waals surface area contributed by atoms with Crippen molar-refractivity contribution in [1.82, 2.24) is 0 Å². The highest BCUT2D eigenvalue weighted by atomic mass is 16.6. The van der Waals surface area contributed by atoms with Crippen LogP contribution < -0.4 is 0 Å². The Labute approximate surface area is 228 Å². The predicted molar refractivity (Wildman–Crippen MR) is 150 cm³/mol. The van der Waals surface area contributed by atoms with Crippen LogP contribution in [-0.4, -0.2) is 35.7 Å². The van der Waals surface area contributed by atoms with Gasteiger partial charge in [0.05, 0.1) is 16.2 Å². The Balaban J connectivity index is 0.000000528. The van der Waals surface area contributed by atoms with Crippen molar-refractivity contribution in [3.05, 3.63) is 0 Å². The topological polar surface area (TPSA) is 78.9 Å². The van der Waals surface area contributed by atoms with Crippen LogP contribution in [0.5, 0.6) is 0 Å². The van der Waals surface area contributed by atoms with E-state index in [1.807, 2.05) is 83.1 Å². The fourth-order valence-electron chi connectivity index (χ4n) is 3.45. The summed E-state index contributed by atoms with van der Waals surface area (Å²) < 4.78 is 16.0. The van der Waals surface area contributed by atoms with E-state index in [1.54, 1.807) is 0 Å². The van der Waals surface area contributed by atoms with E-state index in [9.17, 15) is 14.4 Å².